The van der Waals surface area contributed by atoms with Crippen LogP contribution in [0.3, 0.4) is 0 Å². The minimum absolute atomic E-state index is 0.185. The number of halogens is 1. The number of ether oxygens (including phenoxy) is 2. The first-order valence-electron chi connectivity index (χ1n) is 10.5. The molecule has 0 aromatic heterocycles. The van der Waals surface area contributed by atoms with Crippen molar-refractivity contribution in [3.05, 3.63) is 106 Å². The topological polar surface area (TPSA) is 59.9 Å². The number of carbonyl (C=O) groups excluding carboxylic acids is 1. The number of nitrogens with one attached hydrogen (secondary N) is 1. The number of fused-ring (bicyclic) bond motifs is 1. The first-order valence-corrected chi connectivity index (χ1v) is 11.3. The van der Waals surface area contributed by atoms with Gasteiger partial charge in [-0.05, 0) is 57.8 Å². The van der Waals surface area contributed by atoms with Gasteiger partial charge >= 0.3 is 0 Å². The van der Waals surface area contributed by atoms with Gasteiger partial charge in [0.05, 0.1) is 19.7 Å². The van der Waals surface area contributed by atoms with Crippen molar-refractivity contribution in [2.75, 3.05) is 7.11 Å². The number of benzene rings is 4. The largest absolute Gasteiger partial charge is 0.493 e. The molecule has 0 aliphatic carbocycles. The summed E-state index contributed by atoms with van der Waals surface area (Å²) in [6.07, 6.45) is 1.84. The SMILES string of the molecule is COc1cc(/C=N\NC(=O)Cc2ccc(Br)cc2)ccc1OCc1cccc2ccccc12. The van der Waals surface area contributed by atoms with Crippen LogP contribution >= 0.6 is 15.9 Å². The molecule has 0 spiro atoms. The zero-order valence-corrected chi connectivity index (χ0v) is 19.7. The van der Waals surface area contributed by atoms with Crippen LogP contribution in [0.25, 0.3) is 10.8 Å². The van der Waals surface area contributed by atoms with Gasteiger partial charge in [-0.2, -0.15) is 5.10 Å². The number of nitrogens with zero attached hydrogens (tertiary/aromatic N) is 1. The Hall–Kier alpha value is -3.64. The molecule has 0 aliphatic heterocycles. The van der Waals surface area contributed by atoms with Crippen molar-refractivity contribution >= 4 is 38.8 Å². The van der Waals surface area contributed by atoms with Crippen LogP contribution in [-0.2, 0) is 17.8 Å². The van der Waals surface area contributed by atoms with Gasteiger partial charge in [0, 0.05) is 4.47 Å². The van der Waals surface area contributed by atoms with Gasteiger partial charge in [-0.3, -0.25) is 4.79 Å². The molecule has 0 heterocycles. The molecule has 4 rings (SSSR count). The number of hydrazone groups is 1. The zero-order chi connectivity index (χ0) is 23.0. The first-order chi connectivity index (χ1) is 16.1. The van der Waals surface area contributed by atoms with Crippen LogP contribution in [0.4, 0.5) is 0 Å². The van der Waals surface area contributed by atoms with Crippen LogP contribution in [0.15, 0.2) is 94.5 Å². The fourth-order valence-corrected chi connectivity index (χ4v) is 3.73. The third-order valence-corrected chi connectivity index (χ3v) is 5.66. The van der Waals surface area contributed by atoms with E-state index in [2.05, 4.69) is 50.7 Å². The smallest absolute Gasteiger partial charge is 0.244 e. The highest BCUT2D eigenvalue weighted by Crippen LogP contribution is 2.29. The van der Waals surface area contributed by atoms with Gasteiger partial charge in [0.15, 0.2) is 11.5 Å². The van der Waals surface area contributed by atoms with E-state index < -0.39 is 0 Å². The summed E-state index contributed by atoms with van der Waals surface area (Å²) in [4.78, 5) is 12.1. The zero-order valence-electron chi connectivity index (χ0n) is 18.1. The lowest BCUT2D eigenvalue weighted by Gasteiger charge is -2.12. The van der Waals surface area contributed by atoms with Gasteiger partial charge in [0.1, 0.15) is 6.61 Å². The molecule has 1 amide bonds. The minimum atomic E-state index is -0.185. The van der Waals surface area contributed by atoms with Crippen molar-refractivity contribution in [1.82, 2.24) is 5.43 Å². The van der Waals surface area contributed by atoms with E-state index in [9.17, 15) is 4.79 Å². The molecular formula is C27H23BrN2O3. The van der Waals surface area contributed by atoms with Crippen LogP contribution in [-0.4, -0.2) is 19.2 Å². The highest BCUT2D eigenvalue weighted by atomic mass is 79.9. The van der Waals surface area contributed by atoms with Gasteiger partial charge in [0.25, 0.3) is 0 Å². The average Bonchev–Trinajstić information content (AvgIpc) is 2.84. The lowest BCUT2D eigenvalue weighted by molar-refractivity contribution is -0.120. The maximum atomic E-state index is 12.1. The molecule has 5 nitrogen and oxygen atoms in total. The summed E-state index contributed by atoms with van der Waals surface area (Å²) in [6, 6.07) is 27.6. The van der Waals surface area contributed by atoms with Crippen molar-refractivity contribution in [3.8, 4) is 11.5 Å². The third kappa shape index (κ3) is 5.99. The Morgan fingerprint density at radius 2 is 1.76 bits per heavy atom. The minimum Gasteiger partial charge on any atom is -0.493 e. The van der Waals surface area contributed by atoms with Crippen LogP contribution in [0.2, 0.25) is 0 Å². The molecule has 0 atom stereocenters. The second kappa shape index (κ2) is 10.8. The molecule has 0 unspecified atom stereocenters. The number of hydrogen-bond donors (Lipinski definition) is 1. The number of amides is 1. The molecule has 0 aliphatic rings. The van der Waals surface area contributed by atoms with Crippen LogP contribution < -0.4 is 14.9 Å². The highest BCUT2D eigenvalue weighted by Gasteiger charge is 2.08. The van der Waals surface area contributed by atoms with Gasteiger partial charge in [0.2, 0.25) is 5.91 Å². The third-order valence-electron chi connectivity index (χ3n) is 5.13. The molecule has 166 valence electrons. The molecule has 6 heteroatoms. The van der Waals surface area contributed by atoms with Crippen molar-refractivity contribution in [3.63, 3.8) is 0 Å². The summed E-state index contributed by atoms with van der Waals surface area (Å²) in [7, 11) is 1.60. The average molecular weight is 503 g/mol. The number of hydrogen-bond acceptors (Lipinski definition) is 4. The van der Waals surface area contributed by atoms with E-state index in [0.29, 0.717) is 18.1 Å². The molecule has 4 aromatic rings. The fraction of sp³-hybridized carbons (Fsp3) is 0.111. The Morgan fingerprint density at radius 3 is 2.58 bits per heavy atom. The summed E-state index contributed by atoms with van der Waals surface area (Å²) in [5.74, 6) is 1.05. The van der Waals surface area contributed by atoms with Crippen LogP contribution in [0.5, 0.6) is 11.5 Å². The second-order valence-corrected chi connectivity index (χ2v) is 8.35. The Kier molecular flexibility index (Phi) is 7.37. The summed E-state index contributed by atoms with van der Waals surface area (Å²) >= 11 is 3.38. The highest BCUT2D eigenvalue weighted by molar-refractivity contribution is 9.10. The summed E-state index contributed by atoms with van der Waals surface area (Å²) in [5.41, 5.74) is 5.36. The van der Waals surface area contributed by atoms with Crippen molar-refractivity contribution < 1.29 is 14.3 Å². The molecule has 0 fully saturated rings. The maximum Gasteiger partial charge on any atom is 0.244 e. The molecule has 0 saturated carbocycles. The Labute approximate surface area is 201 Å². The maximum absolute atomic E-state index is 12.1. The molecule has 1 N–H and O–H groups in total. The predicted molar refractivity (Wildman–Crippen MR) is 135 cm³/mol. The summed E-state index contributed by atoms with van der Waals surface area (Å²) in [6.45, 7) is 0.428. The summed E-state index contributed by atoms with van der Waals surface area (Å²) in [5, 5.41) is 6.41. The van der Waals surface area contributed by atoms with E-state index in [4.69, 9.17) is 9.47 Å². The van der Waals surface area contributed by atoms with Crippen molar-refractivity contribution in [2.45, 2.75) is 13.0 Å². The molecule has 0 bridgehead atoms. The Morgan fingerprint density at radius 1 is 0.970 bits per heavy atom. The molecular weight excluding hydrogens is 480 g/mol. The van der Waals surface area contributed by atoms with Gasteiger partial charge in [-0.1, -0.05) is 70.5 Å². The Balaban J connectivity index is 1.38. The van der Waals surface area contributed by atoms with Gasteiger partial charge < -0.3 is 9.47 Å². The number of rotatable bonds is 8. The van der Waals surface area contributed by atoms with E-state index in [-0.39, 0.29) is 12.3 Å². The Bertz CT molecular complexity index is 1280. The number of methoxy groups -OCH3 is 1. The van der Waals surface area contributed by atoms with E-state index in [1.165, 1.54) is 10.8 Å². The molecule has 0 radical (unpaired) electrons. The molecule has 33 heavy (non-hydrogen) atoms. The van der Waals surface area contributed by atoms with Crippen molar-refractivity contribution in [2.24, 2.45) is 5.10 Å². The van der Waals surface area contributed by atoms with E-state index in [0.717, 1.165) is 21.2 Å². The van der Waals surface area contributed by atoms with Crippen LogP contribution in [0, 0.1) is 0 Å². The van der Waals surface area contributed by atoms with E-state index >= 15 is 0 Å². The molecule has 4 aromatic carbocycles. The van der Waals surface area contributed by atoms with Gasteiger partial charge in [-0.25, -0.2) is 5.43 Å². The lowest BCUT2D eigenvalue weighted by atomic mass is 10.1. The lowest BCUT2D eigenvalue weighted by Crippen LogP contribution is -2.19. The number of carbonyl (C=O) groups is 1. The first kappa shape index (κ1) is 22.6. The van der Waals surface area contributed by atoms with Crippen LogP contribution in [0.1, 0.15) is 16.7 Å². The second-order valence-electron chi connectivity index (χ2n) is 7.43. The standard InChI is InChI=1S/C27H23BrN2O3/c1-32-26-15-20(17-29-30-27(31)16-19-9-12-23(28)13-10-19)11-14-25(26)33-18-22-7-4-6-21-5-2-3-8-24(21)22/h2-15,17H,16,18H2,1H3,(H,30,31)/b29-17-. The fourth-order valence-electron chi connectivity index (χ4n) is 3.46. The predicted octanol–water partition coefficient (Wildman–Crippen LogP) is 5.88. The van der Waals surface area contributed by atoms with E-state index in [1.54, 1.807) is 13.3 Å². The molecule has 0 saturated heterocycles. The summed E-state index contributed by atoms with van der Waals surface area (Å²) < 4.78 is 12.5. The van der Waals surface area contributed by atoms with Gasteiger partial charge in [-0.15, -0.1) is 0 Å². The quantitative estimate of drug-likeness (QED) is 0.241. The normalized spacial score (nSPS) is 11.0. The van der Waals surface area contributed by atoms with Crippen molar-refractivity contribution in [1.29, 1.82) is 0 Å². The monoisotopic (exact) mass is 502 g/mol. The van der Waals surface area contributed by atoms with E-state index in [1.807, 2.05) is 60.7 Å².